The van der Waals surface area contributed by atoms with Crippen LogP contribution in [0, 0.1) is 0 Å². The van der Waals surface area contributed by atoms with Crippen molar-refractivity contribution < 1.29 is 4.79 Å². The van der Waals surface area contributed by atoms with Gasteiger partial charge in [-0.2, -0.15) is 0 Å². The molecule has 0 spiro atoms. The lowest BCUT2D eigenvalue weighted by Gasteiger charge is -2.09. The molecular weight excluding hydrogens is 140 g/mol. The fraction of sp³-hybridized carbons (Fsp3) is 0.625. The van der Waals surface area contributed by atoms with Crippen molar-refractivity contribution in [3.8, 4) is 0 Å². The molecule has 0 unspecified atom stereocenters. The minimum atomic E-state index is 0.0443. The Morgan fingerprint density at radius 3 is 2.91 bits per heavy atom. The predicted octanol–water partition coefficient (Wildman–Crippen LogP) is 0.416. The number of hydrogen-bond donors (Lipinski definition) is 2. The number of rotatable bonds is 5. The summed E-state index contributed by atoms with van der Waals surface area (Å²) in [6, 6.07) is 0.0762. The van der Waals surface area contributed by atoms with Crippen LogP contribution in [0.1, 0.15) is 19.8 Å². The molecule has 3 N–H and O–H groups in total. The number of amides is 1. The molecule has 0 saturated carbocycles. The third-order valence-electron chi connectivity index (χ3n) is 1.34. The summed E-state index contributed by atoms with van der Waals surface area (Å²) < 4.78 is 0. The van der Waals surface area contributed by atoms with Crippen molar-refractivity contribution in [2.24, 2.45) is 5.73 Å². The van der Waals surface area contributed by atoms with E-state index < -0.39 is 0 Å². The van der Waals surface area contributed by atoms with Gasteiger partial charge in [-0.3, -0.25) is 4.79 Å². The fourth-order valence-corrected chi connectivity index (χ4v) is 0.639. The maximum absolute atomic E-state index is 11.0. The Balaban J connectivity index is 3.43. The zero-order chi connectivity index (χ0) is 8.69. The summed E-state index contributed by atoms with van der Waals surface area (Å²) in [7, 11) is 0. The first-order chi connectivity index (χ1) is 5.20. The van der Waals surface area contributed by atoms with Crippen molar-refractivity contribution in [1.82, 2.24) is 5.32 Å². The molecule has 0 aromatic heterocycles. The molecule has 0 radical (unpaired) electrons. The van der Waals surface area contributed by atoms with Crippen molar-refractivity contribution in [2.75, 3.05) is 6.54 Å². The van der Waals surface area contributed by atoms with E-state index in [0.717, 1.165) is 6.42 Å². The summed E-state index contributed by atoms with van der Waals surface area (Å²) >= 11 is 0. The monoisotopic (exact) mass is 156 g/mol. The van der Waals surface area contributed by atoms with Gasteiger partial charge in [0.05, 0.1) is 0 Å². The summed E-state index contributed by atoms with van der Waals surface area (Å²) in [6.07, 6.45) is 2.96. The Hall–Kier alpha value is -0.830. The number of nitrogens with two attached hydrogens (primary N) is 1. The van der Waals surface area contributed by atoms with Gasteiger partial charge >= 0.3 is 0 Å². The average Bonchev–Trinajstić information content (AvgIpc) is 2.00. The Kier molecular flexibility index (Phi) is 5.47. The van der Waals surface area contributed by atoms with Gasteiger partial charge in [-0.1, -0.05) is 6.08 Å². The smallest absolute Gasteiger partial charge is 0.220 e. The van der Waals surface area contributed by atoms with Gasteiger partial charge in [-0.05, 0) is 13.3 Å². The molecule has 1 amide bonds. The van der Waals surface area contributed by atoms with E-state index in [-0.39, 0.29) is 11.9 Å². The van der Waals surface area contributed by atoms with Gasteiger partial charge in [0, 0.05) is 19.0 Å². The number of hydrogen-bond acceptors (Lipinski definition) is 2. The molecule has 11 heavy (non-hydrogen) atoms. The molecule has 3 heteroatoms. The maximum atomic E-state index is 11.0. The highest BCUT2D eigenvalue weighted by atomic mass is 16.1. The Bertz CT molecular complexity index is 134. The molecular formula is C8H16N2O. The second-order valence-electron chi connectivity index (χ2n) is 2.53. The molecule has 1 atom stereocenters. The van der Waals surface area contributed by atoms with E-state index >= 15 is 0 Å². The van der Waals surface area contributed by atoms with Crippen LogP contribution >= 0.6 is 0 Å². The van der Waals surface area contributed by atoms with Gasteiger partial charge in [0.25, 0.3) is 0 Å². The Morgan fingerprint density at radius 1 is 1.82 bits per heavy atom. The van der Waals surface area contributed by atoms with Gasteiger partial charge in [0.15, 0.2) is 0 Å². The third-order valence-corrected chi connectivity index (χ3v) is 1.34. The summed E-state index contributed by atoms with van der Waals surface area (Å²) in [5, 5.41) is 2.75. The van der Waals surface area contributed by atoms with E-state index in [9.17, 15) is 4.79 Å². The van der Waals surface area contributed by atoms with E-state index in [0.29, 0.717) is 13.0 Å². The maximum Gasteiger partial charge on any atom is 0.220 e. The van der Waals surface area contributed by atoms with Gasteiger partial charge in [-0.25, -0.2) is 0 Å². The minimum Gasteiger partial charge on any atom is -0.352 e. The fourth-order valence-electron chi connectivity index (χ4n) is 0.639. The largest absolute Gasteiger partial charge is 0.352 e. The van der Waals surface area contributed by atoms with Crippen molar-refractivity contribution in [1.29, 1.82) is 0 Å². The van der Waals surface area contributed by atoms with Gasteiger partial charge in [0.2, 0.25) is 5.91 Å². The van der Waals surface area contributed by atoms with Crippen molar-refractivity contribution >= 4 is 5.91 Å². The highest BCUT2D eigenvalue weighted by molar-refractivity contribution is 5.76. The lowest BCUT2D eigenvalue weighted by atomic mass is 10.2. The van der Waals surface area contributed by atoms with E-state index in [1.54, 1.807) is 6.08 Å². The first-order valence-corrected chi connectivity index (χ1v) is 3.81. The number of carbonyl (C=O) groups is 1. The van der Waals surface area contributed by atoms with Gasteiger partial charge < -0.3 is 11.1 Å². The first-order valence-electron chi connectivity index (χ1n) is 3.81. The summed E-state index contributed by atoms with van der Waals surface area (Å²) in [5.74, 6) is 0.0443. The molecule has 0 aliphatic rings. The van der Waals surface area contributed by atoms with Crippen LogP contribution in [0.15, 0.2) is 12.7 Å². The number of nitrogens with one attached hydrogen (secondary N) is 1. The molecule has 0 aliphatic heterocycles. The normalized spacial score (nSPS) is 12.2. The summed E-state index contributed by atoms with van der Waals surface area (Å²) in [5.41, 5.74) is 5.31. The van der Waals surface area contributed by atoms with E-state index in [2.05, 4.69) is 11.9 Å². The highest BCUT2D eigenvalue weighted by Crippen LogP contribution is 1.89. The van der Waals surface area contributed by atoms with E-state index in [4.69, 9.17) is 5.73 Å². The van der Waals surface area contributed by atoms with Crippen molar-refractivity contribution in [3.05, 3.63) is 12.7 Å². The second kappa shape index (κ2) is 5.92. The molecule has 3 nitrogen and oxygen atoms in total. The molecule has 0 aromatic carbocycles. The van der Waals surface area contributed by atoms with Crippen LogP contribution in [0.3, 0.4) is 0 Å². The zero-order valence-electron chi connectivity index (χ0n) is 6.97. The van der Waals surface area contributed by atoms with Gasteiger partial charge in [0.1, 0.15) is 0 Å². The van der Waals surface area contributed by atoms with Crippen LogP contribution in [0.4, 0.5) is 0 Å². The number of allylic oxidation sites excluding steroid dienone is 1. The van der Waals surface area contributed by atoms with Crippen LogP contribution in [-0.2, 0) is 4.79 Å². The zero-order valence-corrected chi connectivity index (χ0v) is 6.97. The molecule has 0 aliphatic carbocycles. The lowest BCUT2D eigenvalue weighted by molar-refractivity contribution is -0.121. The summed E-state index contributed by atoms with van der Waals surface area (Å²) in [6.45, 7) is 5.89. The molecule has 64 valence electrons. The molecule has 0 heterocycles. The standard InChI is InChI=1S/C8H16N2O/c1-3-4-5-8(11)10-7(2)6-9/h3,7H,1,4-6,9H2,2H3,(H,10,11)/t7-/m1/s1. The summed E-state index contributed by atoms with van der Waals surface area (Å²) in [4.78, 5) is 11.0. The third kappa shape index (κ3) is 5.61. The lowest BCUT2D eigenvalue weighted by Crippen LogP contribution is -2.37. The van der Waals surface area contributed by atoms with Crippen molar-refractivity contribution in [2.45, 2.75) is 25.8 Å². The van der Waals surface area contributed by atoms with E-state index in [1.165, 1.54) is 0 Å². The van der Waals surface area contributed by atoms with E-state index in [1.807, 2.05) is 6.92 Å². The topological polar surface area (TPSA) is 55.1 Å². The second-order valence-corrected chi connectivity index (χ2v) is 2.53. The van der Waals surface area contributed by atoms with Crippen LogP contribution < -0.4 is 11.1 Å². The van der Waals surface area contributed by atoms with Crippen LogP contribution in [0.25, 0.3) is 0 Å². The van der Waals surface area contributed by atoms with Crippen LogP contribution in [0.5, 0.6) is 0 Å². The minimum absolute atomic E-state index is 0.0443. The van der Waals surface area contributed by atoms with Gasteiger partial charge in [-0.15, -0.1) is 6.58 Å². The molecule has 0 bridgehead atoms. The molecule has 0 rings (SSSR count). The predicted molar refractivity (Wildman–Crippen MR) is 46.1 cm³/mol. The Morgan fingerprint density at radius 2 is 2.45 bits per heavy atom. The SMILES string of the molecule is C=CCCC(=O)N[C@H](C)CN. The molecule has 0 fully saturated rings. The quantitative estimate of drug-likeness (QED) is 0.567. The van der Waals surface area contributed by atoms with Crippen LogP contribution in [-0.4, -0.2) is 18.5 Å². The molecule has 0 aromatic rings. The highest BCUT2D eigenvalue weighted by Gasteiger charge is 2.02. The van der Waals surface area contributed by atoms with Crippen LogP contribution in [0.2, 0.25) is 0 Å². The van der Waals surface area contributed by atoms with Crippen molar-refractivity contribution in [3.63, 3.8) is 0 Å². The Labute approximate surface area is 67.7 Å². The average molecular weight is 156 g/mol. The molecule has 0 saturated heterocycles. The first kappa shape index (κ1) is 10.2. The number of carbonyl (C=O) groups excluding carboxylic acids is 1.